The fourth-order valence-electron chi connectivity index (χ4n) is 16.5. The van der Waals surface area contributed by atoms with Gasteiger partial charge in [0.15, 0.2) is 127 Å². The number of para-hydroxylation sites is 6. The fraction of sp³-hybridized carbons (Fsp3) is 0.390. The second-order valence-corrected chi connectivity index (χ2v) is 36.9. The molecule has 0 fully saturated rings. The third-order valence-corrected chi connectivity index (χ3v) is 25.0. The molecule has 16 rings (SSSR count). The van der Waals surface area contributed by atoms with Crippen LogP contribution in [0, 0.1) is 11.8 Å². The number of unbranched alkanes of at least 4 members (excludes halogenated alkanes) is 12. The first kappa shape index (κ1) is 107. The first-order valence-corrected chi connectivity index (χ1v) is 54.2. The van der Waals surface area contributed by atoms with E-state index in [1.165, 1.54) is 0 Å². The highest BCUT2D eigenvalue weighted by atomic mass is 16.6. The minimum atomic E-state index is 0.170. The largest absolute Gasteiger partial charge is 0.490 e. The molecule has 0 saturated heterocycles. The summed E-state index contributed by atoms with van der Waals surface area (Å²) in [6.45, 7) is 30.2. The van der Waals surface area contributed by atoms with E-state index in [2.05, 4.69) is 110 Å². The number of aromatic nitrogens is 9. The summed E-state index contributed by atoms with van der Waals surface area (Å²) in [5.41, 5.74) is 4.48. The standard InChI is InChI=1S/C123H141N9O18/c1-13-25-63-133-92-43-37-44-93(134-64-26-14-2)110(92)145-104-76-86-87(77-105(104)146-111-94(135-65-27-15-3)45-38-46-95(111)136-66-28-16-4)120-128-118(86)126-116-84-58-57-83(56-55-82-59-61-124-62-60-82)75-85(84)117(125-116)127-119-88-78-106(147-112-96(137-67-29-17-5)47-39-48-97(112)138-68-30-18-6)107(148-113-98(139-69-31-19-7)49-40-50-99(113)140-70-32-20-8)79-89(88)121(129-119)131-123-91-81-109(150-115-102(143-73-35-23-11)53-42-54-103(115)144-74-36-24-12)108(80-90(91)122(130-120)132-123)149-114-100(141-71-33-21-9)51-41-52-101(114)142-72-34-22-10/h37-54,57-62,75-81H,13-36,63-74H2,1-12H3,(H2,125,126,127,128,129,130,131,132). The predicted octanol–water partition coefficient (Wildman–Crippen LogP) is 32.6. The van der Waals surface area contributed by atoms with Crippen molar-refractivity contribution >= 4 is 44.1 Å². The third kappa shape index (κ3) is 27.2. The number of H-pyrrole nitrogens is 2. The number of aromatic amines is 2. The zero-order valence-electron chi connectivity index (χ0n) is 88.8. The smallest absolute Gasteiger partial charge is 0.211 e. The molecule has 0 spiro atoms. The zero-order chi connectivity index (χ0) is 104. The lowest BCUT2D eigenvalue weighted by Crippen LogP contribution is -2.04. The normalized spacial score (nSPS) is 11.3. The second-order valence-electron chi connectivity index (χ2n) is 36.9. The number of rotatable bonds is 60. The van der Waals surface area contributed by atoms with E-state index in [4.69, 9.17) is 115 Å². The van der Waals surface area contributed by atoms with E-state index in [1.807, 2.05) is 176 Å². The van der Waals surface area contributed by atoms with Crippen LogP contribution in [0.25, 0.3) is 89.7 Å². The quantitative estimate of drug-likeness (QED) is 0.0264. The van der Waals surface area contributed by atoms with E-state index >= 15 is 0 Å². The number of nitrogens with zero attached hydrogens (tertiary/aromatic N) is 7. The summed E-state index contributed by atoms with van der Waals surface area (Å²) in [7, 11) is 0. The van der Waals surface area contributed by atoms with E-state index in [0.717, 1.165) is 160 Å². The van der Waals surface area contributed by atoms with Gasteiger partial charge in [0.25, 0.3) is 0 Å². The van der Waals surface area contributed by atoms with Crippen molar-refractivity contribution in [1.29, 1.82) is 0 Å². The first-order chi connectivity index (χ1) is 73.9. The van der Waals surface area contributed by atoms with Crippen LogP contribution in [0.3, 0.4) is 0 Å². The highest BCUT2D eigenvalue weighted by molar-refractivity contribution is 6.08. The number of hydrogen-bond acceptors (Lipinski definition) is 25. The van der Waals surface area contributed by atoms with Crippen molar-refractivity contribution in [3.8, 4) is 195 Å². The van der Waals surface area contributed by atoms with Crippen LogP contribution in [0.1, 0.15) is 248 Å². The van der Waals surface area contributed by atoms with Crippen molar-refractivity contribution < 1.29 is 85.3 Å². The average Bonchev–Trinajstić information content (AvgIpc) is 1.58. The topological polar surface area (TPSA) is 288 Å². The molecule has 0 atom stereocenters. The average molecular weight is 2030 g/mol. The van der Waals surface area contributed by atoms with Crippen LogP contribution in [-0.4, -0.2) is 124 Å². The summed E-state index contributed by atoms with van der Waals surface area (Å²) in [6.07, 6.45) is 23.2. The molecule has 0 unspecified atom stereocenters. The Morgan fingerprint density at radius 3 is 0.600 bits per heavy atom. The lowest BCUT2D eigenvalue weighted by Gasteiger charge is -2.21. The minimum absolute atomic E-state index is 0.170. The van der Waals surface area contributed by atoms with Crippen molar-refractivity contribution in [1.82, 2.24) is 44.9 Å². The van der Waals surface area contributed by atoms with Gasteiger partial charge >= 0.3 is 0 Å². The molecule has 14 aromatic rings. The number of pyridine rings is 1. The van der Waals surface area contributed by atoms with Gasteiger partial charge in [-0.2, -0.15) is 0 Å². The molecule has 0 saturated carbocycles. The maximum atomic E-state index is 7.60. The molecule has 4 aromatic heterocycles. The van der Waals surface area contributed by atoms with Gasteiger partial charge in [-0.1, -0.05) is 208 Å². The SMILES string of the molecule is CCCCOc1cccc(OCCCC)c1Oc1cc2c(cc1Oc1c(OCCCC)cccc1OCCCC)-c1nc-2nc2[nH]c(nc3nc(nc4[nH]c(n1)c1cc(Oc5c(OCCCC)cccc5OCCCC)c(Oc5c(OCCCC)cccc5OCCCC)cc41)-c1cc(Oc4c(OCCCC)cccc4OCCCC)c(Oc4c(OCCCC)cccc4OCCCC)cc1-3)c1cc(C#Cc3ccncc3)ccc21. The number of benzene rings is 10. The van der Waals surface area contributed by atoms with Gasteiger partial charge in [0.1, 0.15) is 22.6 Å². The Balaban J connectivity index is 1.07. The maximum absolute atomic E-state index is 7.60. The predicted molar refractivity (Wildman–Crippen MR) is 590 cm³/mol. The Labute approximate surface area is 880 Å². The number of ether oxygens (including phenoxy) is 18. The summed E-state index contributed by atoms with van der Waals surface area (Å²) >= 11 is 0. The minimum Gasteiger partial charge on any atom is -0.490 e. The van der Waals surface area contributed by atoms with Crippen LogP contribution in [0.4, 0.5) is 0 Å². The zero-order valence-corrected chi connectivity index (χ0v) is 88.8. The van der Waals surface area contributed by atoms with Crippen LogP contribution in [-0.2, 0) is 0 Å². The molecule has 150 heavy (non-hydrogen) atoms. The van der Waals surface area contributed by atoms with Gasteiger partial charge in [0, 0.05) is 67.3 Å². The Kier molecular flexibility index (Phi) is 39.4. The van der Waals surface area contributed by atoms with E-state index in [0.29, 0.717) is 243 Å². The summed E-state index contributed by atoms with van der Waals surface area (Å²) in [5.74, 6) is 16.1. The van der Waals surface area contributed by atoms with Crippen LogP contribution in [0.5, 0.6) is 138 Å². The second kappa shape index (κ2) is 55.1. The van der Waals surface area contributed by atoms with E-state index in [9.17, 15) is 0 Å². The number of hydrogen-bond donors (Lipinski definition) is 2. The summed E-state index contributed by atoms with van der Waals surface area (Å²) in [4.78, 5) is 46.5. The molecule has 27 nitrogen and oxygen atoms in total. The molecular formula is C123H141N9O18. The van der Waals surface area contributed by atoms with Crippen molar-refractivity contribution in [2.45, 2.75) is 237 Å². The molecular weight excluding hydrogens is 1890 g/mol. The van der Waals surface area contributed by atoms with Crippen molar-refractivity contribution in [2.24, 2.45) is 0 Å². The van der Waals surface area contributed by atoms with E-state index in [1.54, 1.807) is 12.4 Å². The number of fused-ring (bicyclic) bond motifs is 20. The van der Waals surface area contributed by atoms with Gasteiger partial charge in [-0.15, -0.1) is 0 Å². The molecule has 0 amide bonds. The Morgan fingerprint density at radius 1 is 0.193 bits per heavy atom. The molecule has 2 aliphatic rings. The van der Waals surface area contributed by atoms with E-state index in [-0.39, 0.29) is 69.1 Å². The highest BCUT2D eigenvalue weighted by Crippen LogP contribution is 2.56. The summed E-state index contributed by atoms with van der Waals surface area (Å²) < 4.78 is 126. The van der Waals surface area contributed by atoms with Crippen molar-refractivity contribution in [3.63, 3.8) is 0 Å². The number of nitrogens with one attached hydrogen (secondary N) is 2. The fourth-order valence-corrected chi connectivity index (χ4v) is 16.5. The van der Waals surface area contributed by atoms with Crippen LogP contribution < -0.4 is 85.3 Å². The van der Waals surface area contributed by atoms with Gasteiger partial charge in [0.05, 0.1) is 79.3 Å². The first-order valence-electron chi connectivity index (χ1n) is 54.2. The molecule has 0 aliphatic carbocycles. The van der Waals surface area contributed by atoms with Gasteiger partial charge in [-0.05, 0) is 217 Å². The Bertz CT molecular complexity index is 6930. The summed E-state index contributed by atoms with van der Waals surface area (Å²) in [5, 5.41) is 2.20. The third-order valence-electron chi connectivity index (χ3n) is 25.0. The van der Waals surface area contributed by atoms with Gasteiger partial charge < -0.3 is 95.2 Å². The lowest BCUT2D eigenvalue weighted by molar-refractivity contribution is 0.263. The molecule has 8 bridgehead atoms. The monoisotopic (exact) mass is 2030 g/mol. The van der Waals surface area contributed by atoms with Crippen LogP contribution >= 0.6 is 0 Å². The molecule has 0 radical (unpaired) electrons. The molecule has 6 heterocycles. The molecule has 2 aliphatic heterocycles. The molecule has 786 valence electrons. The van der Waals surface area contributed by atoms with Crippen molar-refractivity contribution in [2.75, 3.05) is 79.3 Å². The molecule has 10 aromatic carbocycles. The Morgan fingerprint density at radius 2 is 0.387 bits per heavy atom. The van der Waals surface area contributed by atoms with Gasteiger partial charge in [0.2, 0.25) is 34.5 Å². The van der Waals surface area contributed by atoms with Crippen LogP contribution in [0.2, 0.25) is 0 Å². The van der Waals surface area contributed by atoms with Gasteiger partial charge in [-0.25, -0.2) is 29.9 Å². The summed E-state index contributed by atoms with van der Waals surface area (Å²) in [6, 6.07) is 55.1. The molecule has 2 N–H and O–H groups in total. The van der Waals surface area contributed by atoms with Crippen molar-refractivity contribution in [3.05, 3.63) is 199 Å². The Hall–Kier alpha value is -15.3. The maximum Gasteiger partial charge on any atom is 0.211 e. The van der Waals surface area contributed by atoms with E-state index < -0.39 is 0 Å². The van der Waals surface area contributed by atoms with Crippen LogP contribution in [0.15, 0.2) is 188 Å². The highest BCUT2D eigenvalue weighted by Gasteiger charge is 2.34. The lowest BCUT2D eigenvalue weighted by atomic mass is 10.1. The molecule has 27 heteroatoms. The van der Waals surface area contributed by atoms with Gasteiger partial charge in [-0.3, -0.25) is 4.98 Å².